The predicted octanol–water partition coefficient (Wildman–Crippen LogP) is 1.48. The molecule has 0 bridgehead atoms. The molecule has 1 atom stereocenters. The summed E-state index contributed by atoms with van der Waals surface area (Å²) in [6.07, 6.45) is 2.06. The quantitative estimate of drug-likeness (QED) is 0.711. The van der Waals surface area contributed by atoms with E-state index in [9.17, 15) is 18.0 Å². The van der Waals surface area contributed by atoms with Crippen LogP contribution >= 0.6 is 0 Å². The standard InChI is InChI=1S/C10H14F3NO2/c1-3-5-8(4-2)14-9(15)6-16-7-10(11,12)13/h2,8H,3,5-7H2,1H3,(H,14,15). The van der Waals surface area contributed by atoms with E-state index in [2.05, 4.69) is 16.0 Å². The second-order valence-electron chi connectivity index (χ2n) is 3.18. The fraction of sp³-hybridized carbons (Fsp3) is 0.700. The number of nitrogens with one attached hydrogen (secondary N) is 1. The lowest BCUT2D eigenvalue weighted by Gasteiger charge is -2.12. The number of hydrogen-bond donors (Lipinski definition) is 1. The van der Waals surface area contributed by atoms with Crippen molar-refractivity contribution in [3.05, 3.63) is 0 Å². The van der Waals surface area contributed by atoms with Gasteiger partial charge < -0.3 is 10.1 Å². The third kappa shape index (κ3) is 8.12. The van der Waals surface area contributed by atoms with Crippen LogP contribution in [-0.4, -0.2) is 31.3 Å². The van der Waals surface area contributed by atoms with Crippen molar-refractivity contribution in [1.29, 1.82) is 0 Å². The van der Waals surface area contributed by atoms with Gasteiger partial charge in [-0.2, -0.15) is 13.2 Å². The number of halogens is 3. The second kappa shape index (κ2) is 7.12. The number of carbonyl (C=O) groups is 1. The van der Waals surface area contributed by atoms with Gasteiger partial charge in [0.05, 0.1) is 6.04 Å². The van der Waals surface area contributed by atoms with Gasteiger partial charge in [-0.3, -0.25) is 4.79 Å². The molecule has 16 heavy (non-hydrogen) atoms. The minimum absolute atomic E-state index is 0.452. The predicted molar refractivity (Wildman–Crippen MR) is 52.5 cm³/mol. The molecule has 0 aliphatic heterocycles. The van der Waals surface area contributed by atoms with Crippen molar-refractivity contribution in [2.45, 2.75) is 32.0 Å². The van der Waals surface area contributed by atoms with Gasteiger partial charge in [0.1, 0.15) is 13.2 Å². The normalized spacial score (nSPS) is 12.9. The van der Waals surface area contributed by atoms with Crippen LogP contribution in [0, 0.1) is 12.3 Å². The smallest absolute Gasteiger partial charge is 0.362 e. The Bertz CT molecular complexity index is 258. The number of alkyl halides is 3. The lowest BCUT2D eigenvalue weighted by atomic mass is 10.2. The molecule has 0 heterocycles. The molecule has 1 unspecified atom stereocenters. The molecular formula is C10H14F3NO2. The lowest BCUT2D eigenvalue weighted by Crippen LogP contribution is -2.37. The largest absolute Gasteiger partial charge is 0.411 e. The molecule has 1 N–H and O–H groups in total. The van der Waals surface area contributed by atoms with Gasteiger partial charge in [0.15, 0.2) is 0 Å². The van der Waals surface area contributed by atoms with Crippen LogP contribution < -0.4 is 5.32 Å². The molecule has 1 amide bonds. The van der Waals surface area contributed by atoms with E-state index in [0.29, 0.717) is 6.42 Å². The Morgan fingerprint density at radius 2 is 2.19 bits per heavy atom. The molecule has 0 aliphatic rings. The molecule has 0 aromatic carbocycles. The van der Waals surface area contributed by atoms with E-state index in [1.54, 1.807) is 0 Å². The number of hydrogen-bond acceptors (Lipinski definition) is 2. The summed E-state index contributed by atoms with van der Waals surface area (Å²) in [7, 11) is 0. The van der Waals surface area contributed by atoms with Crippen LogP contribution in [0.4, 0.5) is 13.2 Å². The summed E-state index contributed by atoms with van der Waals surface area (Å²) in [6, 6.07) is -0.452. The summed E-state index contributed by atoms with van der Waals surface area (Å²) < 4.78 is 39.2. The van der Waals surface area contributed by atoms with Crippen LogP contribution in [0.1, 0.15) is 19.8 Å². The molecular weight excluding hydrogens is 223 g/mol. The first kappa shape index (κ1) is 14.8. The highest BCUT2D eigenvalue weighted by molar-refractivity contribution is 5.77. The number of terminal acetylenes is 1. The van der Waals surface area contributed by atoms with E-state index in [0.717, 1.165) is 6.42 Å². The van der Waals surface area contributed by atoms with E-state index in [1.165, 1.54) is 0 Å². The first-order valence-electron chi connectivity index (χ1n) is 4.79. The number of amides is 1. The maximum Gasteiger partial charge on any atom is 0.411 e. The Morgan fingerprint density at radius 1 is 1.56 bits per heavy atom. The zero-order chi connectivity index (χ0) is 12.6. The van der Waals surface area contributed by atoms with Crippen molar-refractivity contribution < 1.29 is 22.7 Å². The Hall–Kier alpha value is -1.22. The summed E-state index contributed by atoms with van der Waals surface area (Å²) in [5.74, 6) is 1.69. The van der Waals surface area contributed by atoms with Gasteiger partial charge in [-0.25, -0.2) is 0 Å². The Morgan fingerprint density at radius 3 is 2.62 bits per heavy atom. The van der Waals surface area contributed by atoms with Crippen LogP contribution in [0.5, 0.6) is 0 Å². The van der Waals surface area contributed by atoms with E-state index >= 15 is 0 Å². The molecule has 0 aliphatic carbocycles. The zero-order valence-corrected chi connectivity index (χ0v) is 8.93. The number of rotatable bonds is 6. The first-order chi connectivity index (χ1) is 7.39. The maximum absolute atomic E-state index is 11.7. The summed E-state index contributed by atoms with van der Waals surface area (Å²) in [5.41, 5.74) is 0. The van der Waals surface area contributed by atoms with Crippen molar-refractivity contribution in [2.75, 3.05) is 13.2 Å². The highest BCUT2D eigenvalue weighted by Crippen LogP contribution is 2.14. The van der Waals surface area contributed by atoms with E-state index in [4.69, 9.17) is 6.42 Å². The van der Waals surface area contributed by atoms with Gasteiger partial charge in [0.25, 0.3) is 0 Å². The van der Waals surface area contributed by atoms with Gasteiger partial charge in [-0.05, 0) is 6.42 Å². The van der Waals surface area contributed by atoms with Crippen LogP contribution in [0.25, 0.3) is 0 Å². The van der Waals surface area contributed by atoms with Crippen LogP contribution in [0.3, 0.4) is 0 Å². The van der Waals surface area contributed by atoms with E-state index in [1.807, 2.05) is 6.92 Å². The van der Waals surface area contributed by atoms with Crippen molar-refractivity contribution in [1.82, 2.24) is 5.32 Å². The van der Waals surface area contributed by atoms with Gasteiger partial charge in [0.2, 0.25) is 5.91 Å². The minimum atomic E-state index is -4.42. The molecule has 6 heteroatoms. The summed E-state index contributed by atoms with van der Waals surface area (Å²) in [4.78, 5) is 11.1. The molecule has 0 aromatic heterocycles. The molecule has 92 valence electrons. The lowest BCUT2D eigenvalue weighted by molar-refractivity contribution is -0.175. The molecule has 0 spiro atoms. The van der Waals surface area contributed by atoms with E-state index < -0.39 is 31.3 Å². The molecule has 0 saturated heterocycles. The average Bonchev–Trinajstić information content (AvgIpc) is 2.15. The van der Waals surface area contributed by atoms with Crippen molar-refractivity contribution in [3.8, 4) is 12.3 Å². The third-order valence-electron chi connectivity index (χ3n) is 1.61. The molecule has 3 nitrogen and oxygen atoms in total. The first-order valence-corrected chi connectivity index (χ1v) is 4.79. The topological polar surface area (TPSA) is 38.3 Å². The Kier molecular flexibility index (Phi) is 6.58. The highest BCUT2D eigenvalue weighted by Gasteiger charge is 2.27. The van der Waals surface area contributed by atoms with Crippen molar-refractivity contribution in [3.63, 3.8) is 0 Å². The fourth-order valence-electron chi connectivity index (χ4n) is 0.981. The molecule has 0 aromatic rings. The highest BCUT2D eigenvalue weighted by atomic mass is 19.4. The number of ether oxygens (including phenoxy) is 1. The van der Waals surface area contributed by atoms with Crippen LogP contribution in [0.2, 0.25) is 0 Å². The molecule has 0 fully saturated rings. The van der Waals surface area contributed by atoms with E-state index in [-0.39, 0.29) is 0 Å². The third-order valence-corrected chi connectivity index (χ3v) is 1.61. The summed E-state index contributed by atoms with van der Waals surface area (Å²) >= 11 is 0. The Balaban J connectivity index is 3.78. The summed E-state index contributed by atoms with van der Waals surface area (Å²) in [6.45, 7) is -0.188. The van der Waals surface area contributed by atoms with Crippen molar-refractivity contribution in [2.24, 2.45) is 0 Å². The SMILES string of the molecule is C#CC(CCC)NC(=O)COCC(F)(F)F. The fourth-order valence-corrected chi connectivity index (χ4v) is 0.981. The van der Waals surface area contributed by atoms with Crippen LogP contribution in [0.15, 0.2) is 0 Å². The number of carbonyl (C=O) groups excluding carboxylic acids is 1. The average molecular weight is 237 g/mol. The zero-order valence-electron chi connectivity index (χ0n) is 8.93. The Labute approximate surface area is 92.3 Å². The second-order valence-corrected chi connectivity index (χ2v) is 3.18. The molecule has 0 saturated carbocycles. The van der Waals surface area contributed by atoms with Crippen LogP contribution in [-0.2, 0) is 9.53 Å². The molecule has 0 radical (unpaired) electrons. The van der Waals surface area contributed by atoms with Gasteiger partial charge in [-0.1, -0.05) is 19.3 Å². The monoisotopic (exact) mass is 237 g/mol. The van der Waals surface area contributed by atoms with Gasteiger partial charge in [-0.15, -0.1) is 6.42 Å². The van der Waals surface area contributed by atoms with Gasteiger partial charge >= 0.3 is 6.18 Å². The molecule has 0 rings (SSSR count). The maximum atomic E-state index is 11.7. The van der Waals surface area contributed by atoms with Crippen molar-refractivity contribution >= 4 is 5.91 Å². The summed E-state index contributed by atoms with van der Waals surface area (Å²) in [5, 5.41) is 2.39. The van der Waals surface area contributed by atoms with Gasteiger partial charge in [0, 0.05) is 0 Å². The minimum Gasteiger partial charge on any atom is -0.362 e.